The summed E-state index contributed by atoms with van der Waals surface area (Å²) < 4.78 is 14.9. The van der Waals surface area contributed by atoms with Gasteiger partial charge in [0.25, 0.3) is 0 Å². The Hall–Kier alpha value is -2.88. The standard InChI is InChI=1S/C16H15NO8S/c1-9(18)24-16(25-11-7-5-4-6-8-11)14(22)17(12(20)13(21)23-3)15(16)26-10(2)19/h4-8,15H,1-3H3/t15-,16-/m1/s1. The Bertz CT molecular complexity index is 765. The number of amides is 2. The molecule has 0 saturated carbocycles. The molecule has 1 aliphatic heterocycles. The van der Waals surface area contributed by atoms with Crippen molar-refractivity contribution < 1.29 is 38.2 Å². The van der Waals surface area contributed by atoms with E-state index in [0.29, 0.717) is 16.7 Å². The molecule has 10 heteroatoms. The Morgan fingerprint density at radius 3 is 2.23 bits per heavy atom. The monoisotopic (exact) mass is 381 g/mol. The summed E-state index contributed by atoms with van der Waals surface area (Å²) in [4.78, 5) is 59.9. The number of hydrogen-bond donors (Lipinski definition) is 0. The summed E-state index contributed by atoms with van der Waals surface area (Å²) in [6.07, 6.45) is 0. The molecule has 2 atom stereocenters. The second kappa shape index (κ2) is 7.56. The van der Waals surface area contributed by atoms with Crippen LogP contribution in [0.1, 0.15) is 13.8 Å². The van der Waals surface area contributed by atoms with E-state index in [2.05, 4.69) is 4.74 Å². The summed E-state index contributed by atoms with van der Waals surface area (Å²) in [5, 5.41) is -1.87. The van der Waals surface area contributed by atoms with Crippen LogP contribution in [0.2, 0.25) is 0 Å². The number of imide groups is 1. The highest BCUT2D eigenvalue weighted by Gasteiger charge is 2.71. The minimum Gasteiger partial charge on any atom is -0.462 e. The lowest BCUT2D eigenvalue weighted by molar-refractivity contribution is -0.243. The number of rotatable bonds is 4. The zero-order valence-corrected chi connectivity index (χ0v) is 14.9. The summed E-state index contributed by atoms with van der Waals surface area (Å²) in [6, 6.07) is 7.93. The molecule has 1 saturated heterocycles. The number of β-lactam (4-membered cyclic amide) rings is 1. The van der Waals surface area contributed by atoms with E-state index in [0.717, 1.165) is 14.0 Å². The Kier molecular flexibility index (Phi) is 5.66. The first kappa shape index (κ1) is 19.4. The van der Waals surface area contributed by atoms with E-state index in [1.807, 2.05) is 0 Å². The predicted molar refractivity (Wildman–Crippen MR) is 87.5 cm³/mol. The third kappa shape index (κ3) is 3.54. The van der Waals surface area contributed by atoms with Gasteiger partial charge in [0.15, 0.2) is 10.5 Å². The maximum Gasteiger partial charge on any atom is 0.397 e. The molecule has 9 nitrogen and oxygen atoms in total. The van der Waals surface area contributed by atoms with Gasteiger partial charge in [-0.3, -0.25) is 19.2 Å². The average Bonchev–Trinajstić information content (AvgIpc) is 2.60. The van der Waals surface area contributed by atoms with Crippen LogP contribution < -0.4 is 4.74 Å². The smallest absolute Gasteiger partial charge is 0.397 e. The minimum atomic E-state index is -2.26. The van der Waals surface area contributed by atoms with Gasteiger partial charge in [0, 0.05) is 13.8 Å². The first-order valence-electron chi connectivity index (χ1n) is 7.29. The van der Waals surface area contributed by atoms with Crippen molar-refractivity contribution in [3.05, 3.63) is 30.3 Å². The van der Waals surface area contributed by atoms with Crippen LogP contribution in [-0.4, -0.2) is 52.0 Å². The second-order valence-corrected chi connectivity index (χ2v) is 6.37. The fourth-order valence-corrected chi connectivity index (χ4v) is 3.21. The van der Waals surface area contributed by atoms with E-state index in [1.165, 1.54) is 19.1 Å². The van der Waals surface area contributed by atoms with Gasteiger partial charge in [-0.1, -0.05) is 30.0 Å². The molecule has 1 aliphatic rings. The van der Waals surface area contributed by atoms with E-state index in [1.54, 1.807) is 18.2 Å². The quantitative estimate of drug-likeness (QED) is 0.317. The number of nitrogens with zero attached hydrogens (tertiary/aromatic N) is 1. The van der Waals surface area contributed by atoms with E-state index >= 15 is 0 Å². The van der Waals surface area contributed by atoms with Crippen LogP contribution in [0, 0.1) is 0 Å². The van der Waals surface area contributed by atoms with E-state index in [9.17, 15) is 24.0 Å². The maximum atomic E-state index is 12.6. The van der Waals surface area contributed by atoms with Crippen LogP contribution in [0.5, 0.6) is 5.75 Å². The van der Waals surface area contributed by atoms with Gasteiger partial charge in [-0.05, 0) is 12.1 Å². The number of carbonyl (C=O) groups excluding carboxylic acids is 5. The lowest BCUT2D eigenvalue weighted by atomic mass is 10.0. The number of hydrogen-bond acceptors (Lipinski definition) is 9. The Morgan fingerprint density at radius 2 is 1.73 bits per heavy atom. The summed E-state index contributed by atoms with van der Waals surface area (Å²) in [5.74, 6) is -6.65. The summed E-state index contributed by atoms with van der Waals surface area (Å²) >= 11 is 0.513. The van der Waals surface area contributed by atoms with Crippen molar-refractivity contribution in [1.82, 2.24) is 4.90 Å². The molecule has 0 aliphatic carbocycles. The first-order valence-corrected chi connectivity index (χ1v) is 8.17. The van der Waals surface area contributed by atoms with Gasteiger partial charge >= 0.3 is 29.5 Å². The van der Waals surface area contributed by atoms with Crippen LogP contribution >= 0.6 is 11.8 Å². The zero-order valence-electron chi connectivity index (χ0n) is 14.1. The SMILES string of the molecule is COC(=O)C(=O)N1C(=O)[C@@](OC(C)=O)(Oc2ccccc2)[C@H]1SC(C)=O. The highest BCUT2D eigenvalue weighted by molar-refractivity contribution is 8.14. The van der Waals surface area contributed by atoms with Crippen molar-refractivity contribution in [2.75, 3.05) is 7.11 Å². The molecule has 0 bridgehead atoms. The maximum absolute atomic E-state index is 12.6. The van der Waals surface area contributed by atoms with Crippen LogP contribution in [0.25, 0.3) is 0 Å². The molecule has 26 heavy (non-hydrogen) atoms. The van der Waals surface area contributed by atoms with Crippen molar-refractivity contribution in [1.29, 1.82) is 0 Å². The number of benzene rings is 1. The van der Waals surface area contributed by atoms with Crippen molar-refractivity contribution in [2.45, 2.75) is 25.0 Å². The summed E-state index contributed by atoms with van der Waals surface area (Å²) in [5.41, 5.74) is 0. The molecule has 0 unspecified atom stereocenters. The summed E-state index contributed by atoms with van der Waals surface area (Å²) in [6.45, 7) is 2.24. The topological polar surface area (TPSA) is 116 Å². The van der Waals surface area contributed by atoms with Crippen LogP contribution in [0.3, 0.4) is 0 Å². The van der Waals surface area contributed by atoms with Crippen molar-refractivity contribution in [3.8, 4) is 5.75 Å². The number of esters is 2. The normalized spacial score (nSPS) is 21.4. The number of methoxy groups -OCH3 is 1. The van der Waals surface area contributed by atoms with Gasteiger partial charge in [-0.2, -0.15) is 0 Å². The predicted octanol–water partition coefficient (Wildman–Crippen LogP) is 0.472. The number of thioether (sulfide) groups is 1. The van der Waals surface area contributed by atoms with E-state index in [4.69, 9.17) is 9.47 Å². The molecule has 0 spiro atoms. The number of ether oxygens (including phenoxy) is 3. The Labute approximate surface area is 152 Å². The van der Waals surface area contributed by atoms with Gasteiger partial charge in [0.1, 0.15) is 5.75 Å². The average molecular weight is 381 g/mol. The molecule has 0 radical (unpaired) electrons. The lowest BCUT2D eigenvalue weighted by Crippen LogP contribution is -2.78. The van der Waals surface area contributed by atoms with E-state index < -0.39 is 40.0 Å². The molecule has 0 aromatic heterocycles. The largest absolute Gasteiger partial charge is 0.462 e. The highest BCUT2D eigenvalue weighted by Crippen LogP contribution is 2.43. The molecule has 0 N–H and O–H groups in total. The fraction of sp³-hybridized carbons (Fsp3) is 0.312. The number of likely N-dealkylation sites (tertiary alicyclic amines) is 1. The Balaban J connectivity index is 2.45. The molecule has 138 valence electrons. The highest BCUT2D eigenvalue weighted by atomic mass is 32.2. The van der Waals surface area contributed by atoms with Crippen LogP contribution in [0.4, 0.5) is 0 Å². The van der Waals surface area contributed by atoms with Crippen molar-refractivity contribution in [2.24, 2.45) is 0 Å². The van der Waals surface area contributed by atoms with E-state index in [-0.39, 0.29) is 5.75 Å². The molecular weight excluding hydrogens is 366 g/mol. The van der Waals surface area contributed by atoms with Gasteiger partial charge in [-0.15, -0.1) is 0 Å². The van der Waals surface area contributed by atoms with Gasteiger partial charge < -0.3 is 14.2 Å². The lowest BCUT2D eigenvalue weighted by Gasteiger charge is -2.50. The second-order valence-electron chi connectivity index (χ2n) is 5.11. The number of carbonyl (C=O) groups is 5. The molecular formula is C16H15NO8S. The summed E-state index contributed by atoms with van der Waals surface area (Å²) in [7, 11) is 0.970. The third-order valence-electron chi connectivity index (χ3n) is 3.24. The van der Waals surface area contributed by atoms with Crippen LogP contribution in [0.15, 0.2) is 30.3 Å². The minimum absolute atomic E-state index is 0.168. The molecule has 1 aromatic carbocycles. The molecule has 1 heterocycles. The van der Waals surface area contributed by atoms with Gasteiger partial charge in [0.05, 0.1) is 7.11 Å². The van der Waals surface area contributed by atoms with Gasteiger partial charge in [0.2, 0.25) is 0 Å². The molecule has 1 aromatic rings. The fourth-order valence-electron chi connectivity index (χ4n) is 2.24. The number of para-hydroxylation sites is 1. The van der Waals surface area contributed by atoms with Crippen molar-refractivity contribution >= 4 is 40.6 Å². The zero-order chi connectivity index (χ0) is 19.5. The molecule has 2 rings (SSSR count). The third-order valence-corrected chi connectivity index (χ3v) is 4.32. The molecule has 1 fully saturated rings. The first-order chi connectivity index (χ1) is 12.2. The van der Waals surface area contributed by atoms with Crippen molar-refractivity contribution in [3.63, 3.8) is 0 Å². The van der Waals surface area contributed by atoms with Gasteiger partial charge in [-0.25, -0.2) is 9.69 Å². The Morgan fingerprint density at radius 1 is 1.12 bits per heavy atom. The van der Waals surface area contributed by atoms with Crippen LogP contribution in [-0.2, 0) is 33.4 Å². The molecule has 2 amide bonds.